The Bertz CT molecular complexity index is 419. The number of aryl methyl sites for hydroxylation is 2. The van der Waals surface area contributed by atoms with Crippen LogP contribution in [-0.4, -0.2) is 36.5 Å². The molecule has 0 saturated carbocycles. The van der Waals surface area contributed by atoms with E-state index in [9.17, 15) is 10.1 Å². The van der Waals surface area contributed by atoms with E-state index in [1.165, 1.54) is 6.07 Å². The Morgan fingerprint density at radius 2 is 1.94 bits per heavy atom. The van der Waals surface area contributed by atoms with Crippen LogP contribution in [0, 0.1) is 24.0 Å². The highest BCUT2D eigenvalue weighted by Crippen LogP contribution is 2.27. The average Bonchev–Trinajstić information content (AvgIpc) is 2.30. The molecule has 1 N–H and O–H groups in total. The van der Waals surface area contributed by atoms with Crippen LogP contribution in [0.1, 0.15) is 11.1 Å². The normalized spacial score (nSPS) is 10.4. The first-order valence-corrected chi connectivity index (χ1v) is 5.63. The zero-order valence-electron chi connectivity index (χ0n) is 10.5. The Morgan fingerprint density at radius 1 is 1.22 bits per heavy atom. The lowest BCUT2D eigenvalue weighted by Crippen LogP contribution is -2.10. The molecule has 0 radical (unpaired) electrons. The fraction of sp³-hybridized carbons (Fsp3) is 0.500. The highest BCUT2D eigenvalue weighted by atomic mass is 16.6. The van der Waals surface area contributed by atoms with Gasteiger partial charge in [-0.25, -0.2) is 0 Å². The van der Waals surface area contributed by atoms with Crippen molar-refractivity contribution < 1.29 is 19.5 Å². The summed E-state index contributed by atoms with van der Waals surface area (Å²) < 4.78 is 10.5. The van der Waals surface area contributed by atoms with E-state index in [1.54, 1.807) is 13.0 Å². The van der Waals surface area contributed by atoms with Crippen LogP contribution in [0.5, 0.6) is 5.75 Å². The molecular weight excluding hydrogens is 238 g/mol. The van der Waals surface area contributed by atoms with Crippen molar-refractivity contribution in [3.63, 3.8) is 0 Å². The SMILES string of the molecule is Cc1cc(C)c([N+](=O)[O-])cc1OCCOCCO. The average molecular weight is 255 g/mol. The Labute approximate surface area is 105 Å². The van der Waals surface area contributed by atoms with E-state index in [0.29, 0.717) is 24.5 Å². The van der Waals surface area contributed by atoms with Gasteiger partial charge in [0, 0.05) is 5.56 Å². The maximum absolute atomic E-state index is 10.8. The first-order chi connectivity index (χ1) is 8.56. The van der Waals surface area contributed by atoms with Crippen LogP contribution < -0.4 is 4.74 Å². The van der Waals surface area contributed by atoms with Gasteiger partial charge < -0.3 is 14.6 Å². The van der Waals surface area contributed by atoms with Crippen molar-refractivity contribution in [2.45, 2.75) is 13.8 Å². The second kappa shape index (κ2) is 6.93. The summed E-state index contributed by atoms with van der Waals surface area (Å²) in [7, 11) is 0. The van der Waals surface area contributed by atoms with E-state index in [1.807, 2.05) is 6.92 Å². The molecule has 0 saturated heterocycles. The number of nitro benzene ring substituents is 1. The lowest BCUT2D eigenvalue weighted by Gasteiger charge is -2.10. The van der Waals surface area contributed by atoms with Gasteiger partial charge in [0.15, 0.2) is 0 Å². The number of aliphatic hydroxyl groups excluding tert-OH is 1. The molecule has 6 heteroatoms. The number of nitro groups is 1. The van der Waals surface area contributed by atoms with E-state index in [2.05, 4.69) is 0 Å². The third-order valence-corrected chi connectivity index (χ3v) is 2.41. The largest absolute Gasteiger partial charge is 0.491 e. The molecule has 0 aromatic heterocycles. The molecule has 100 valence electrons. The highest BCUT2D eigenvalue weighted by molar-refractivity contribution is 5.49. The number of aliphatic hydroxyl groups is 1. The van der Waals surface area contributed by atoms with Gasteiger partial charge in [-0.3, -0.25) is 10.1 Å². The maximum Gasteiger partial charge on any atom is 0.276 e. The van der Waals surface area contributed by atoms with Gasteiger partial charge >= 0.3 is 0 Å². The van der Waals surface area contributed by atoms with Gasteiger partial charge in [-0.1, -0.05) is 0 Å². The number of benzene rings is 1. The number of rotatable bonds is 7. The quantitative estimate of drug-likeness (QED) is 0.454. The summed E-state index contributed by atoms with van der Waals surface area (Å²) in [6.45, 7) is 4.38. The number of nitrogens with zero attached hydrogens (tertiary/aromatic N) is 1. The first kappa shape index (κ1) is 14.4. The Kier molecular flexibility index (Phi) is 5.54. The molecule has 0 fully saturated rings. The molecule has 0 spiro atoms. The summed E-state index contributed by atoms with van der Waals surface area (Å²) >= 11 is 0. The molecule has 1 rings (SSSR count). The van der Waals surface area contributed by atoms with E-state index in [4.69, 9.17) is 14.6 Å². The van der Waals surface area contributed by atoms with Crippen molar-refractivity contribution in [1.82, 2.24) is 0 Å². The van der Waals surface area contributed by atoms with Crippen LogP contribution in [0.3, 0.4) is 0 Å². The summed E-state index contributed by atoms with van der Waals surface area (Å²) in [6, 6.07) is 3.15. The number of hydrogen-bond donors (Lipinski definition) is 1. The summed E-state index contributed by atoms with van der Waals surface area (Å²) in [5.74, 6) is 0.486. The Morgan fingerprint density at radius 3 is 2.56 bits per heavy atom. The minimum Gasteiger partial charge on any atom is -0.491 e. The van der Waals surface area contributed by atoms with Gasteiger partial charge in [-0.05, 0) is 25.5 Å². The third kappa shape index (κ3) is 3.97. The minimum absolute atomic E-state index is 0.0327. The van der Waals surface area contributed by atoms with Crippen LogP contribution >= 0.6 is 0 Å². The lowest BCUT2D eigenvalue weighted by molar-refractivity contribution is -0.385. The maximum atomic E-state index is 10.8. The zero-order valence-corrected chi connectivity index (χ0v) is 10.5. The van der Waals surface area contributed by atoms with Crippen molar-refractivity contribution in [3.05, 3.63) is 33.4 Å². The van der Waals surface area contributed by atoms with Gasteiger partial charge in [-0.15, -0.1) is 0 Å². The second-order valence-electron chi connectivity index (χ2n) is 3.85. The predicted octanol–water partition coefficient (Wildman–Crippen LogP) is 1.60. The standard InChI is InChI=1S/C12H17NO5/c1-9-7-10(2)12(8-11(9)13(15)16)18-6-5-17-4-3-14/h7-8,14H,3-6H2,1-2H3. The van der Waals surface area contributed by atoms with Crippen LogP contribution in [0.2, 0.25) is 0 Å². The lowest BCUT2D eigenvalue weighted by atomic mass is 10.1. The third-order valence-electron chi connectivity index (χ3n) is 2.41. The van der Waals surface area contributed by atoms with Gasteiger partial charge in [0.2, 0.25) is 0 Å². The van der Waals surface area contributed by atoms with Gasteiger partial charge in [-0.2, -0.15) is 0 Å². The van der Waals surface area contributed by atoms with E-state index >= 15 is 0 Å². The van der Waals surface area contributed by atoms with E-state index < -0.39 is 4.92 Å². The van der Waals surface area contributed by atoms with Crippen molar-refractivity contribution >= 4 is 5.69 Å². The molecule has 18 heavy (non-hydrogen) atoms. The van der Waals surface area contributed by atoms with Crippen LogP contribution in [-0.2, 0) is 4.74 Å². The van der Waals surface area contributed by atoms with Gasteiger partial charge in [0.1, 0.15) is 12.4 Å². The zero-order chi connectivity index (χ0) is 13.5. The summed E-state index contributed by atoms with van der Waals surface area (Å²) in [5.41, 5.74) is 1.51. The molecule has 0 aliphatic rings. The number of hydrogen-bond acceptors (Lipinski definition) is 5. The topological polar surface area (TPSA) is 81.8 Å². The fourth-order valence-electron chi connectivity index (χ4n) is 1.55. The molecule has 0 atom stereocenters. The van der Waals surface area contributed by atoms with E-state index in [-0.39, 0.29) is 18.9 Å². The Balaban J connectivity index is 2.65. The monoisotopic (exact) mass is 255 g/mol. The molecule has 1 aromatic rings. The fourth-order valence-corrected chi connectivity index (χ4v) is 1.55. The molecule has 0 heterocycles. The predicted molar refractivity (Wildman–Crippen MR) is 66.0 cm³/mol. The van der Waals surface area contributed by atoms with Crippen LogP contribution in [0.15, 0.2) is 12.1 Å². The molecule has 0 bridgehead atoms. The van der Waals surface area contributed by atoms with Gasteiger partial charge in [0.25, 0.3) is 5.69 Å². The molecule has 0 aliphatic carbocycles. The molecular formula is C12H17NO5. The van der Waals surface area contributed by atoms with E-state index in [0.717, 1.165) is 5.56 Å². The molecule has 6 nitrogen and oxygen atoms in total. The minimum atomic E-state index is -0.427. The second-order valence-corrected chi connectivity index (χ2v) is 3.85. The van der Waals surface area contributed by atoms with Crippen LogP contribution in [0.4, 0.5) is 5.69 Å². The molecule has 0 aliphatic heterocycles. The van der Waals surface area contributed by atoms with Crippen molar-refractivity contribution in [3.8, 4) is 5.75 Å². The van der Waals surface area contributed by atoms with Crippen LogP contribution in [0.25, 0.3) is 0 Å². The highest BCUT2D eigenvalue weighted by Gasteiger charge is 2.14. The summed E-state index contributed by atoms with van der Waals surface area (Å²) in [6.07, 6.45) is 0. The smallest absolute Gasteiger partial charge is 0.276 e. The van der Waals surface area contributed by atoms with Crippen molar-refractivity contribution in [2.75, 3.05) is 26.4 Å². The molecule has 1 aromatic carbocycles. The van der Waals surface area contributed by atoms with Gasteiger partial charge in [0.05, 0.1) is 30.8 Å². The van der Waals surface area contributed by atoms with Crippen molar-refractivity contribution in [2.24, 2.45) is 0 Å². The molecule has 0 unspecified atom stereocenters. The first-order valence-electron chi connectivity index (χ1n) is 5.63. The summed E-state index contributed by atoms with van der Waals surface area (Å²) in [5, 5.41) is 19.3. The number of ether oxygens (including phenoxy) is 2. The Hall–Kier alpha value is -1.66. The summed E-state index contributed by atoms with van der Waals surface area (Å²) in [4.78, 5) is 10.4. The van der Waals surface area contributed by atoms with Crippen molar-refractivity contribution in [1.29, 1.82) is 0 Å². The molecule has 0 amide bonds.